The summed E-state index contributed by atoms with van der Waals surface area (Å²) >= 11 is 5.33. The Hall–Kier alpha value is -2.07. The zero-order valence-electron chi connectivity index (χ0n) is 11.8. The molecule has 0 amide bonds. The number of benzene rings is 2. The molecule has 3 nitrogen and oxygen atoms in total. The molecule has 0 saturated carbocycles. The summed E-state index contributed by atoms with van der Waals surface area (Å²) in [6.07, 6.45) is 1.01. The predicted octanol–water partition coefficient (Wildman–Crippen LogP) is 3.59. The molecule has 0 atom stereocenters. The van der Waals surface area contributed by atoms with Crippen molar-refractivity contribution < 1.29 is 0 Å². The van der Waals surface area contributed by atoms with Gasteiger partial charge in [0.2, 0.25) is 0 Å². The van der Waals surface area contributed by atoms with Crippen molar-refractivity contribution in [3.8, 4) is 0 Å². The second-order valence-corrected chi connectivity index (χ2v) is 4.92. The Morgan fingerprint density at radius 3 is 2.55 bits per heavy atom. The van der Waals surface area contributed by atoms with Crippen LogP contribution >= 0.6 is 12.2 Å². The largest absolute Gasteiger partial charge is 0.331 e. The zero-order valence-corrected chi connectivity index (χ0v) is 12.6. The Bertz CT molecular complexity index is 569. The third-order valence-electron chi connectivity index (χ3n) is 3.01. The van der Waals surface area contributed by atoms with Gasteiger partial charge in [-0.1, -0.05) is 37.3 Å². The van der Waals surface area contributed by atoms with Gasteiger partial charge in [0, 0.05) is 12.7 Å². The van der Waals surface area contributed by atoms with E-state index in [1.807, 2.05) is 54.5 Å². The average Bonchev–Trinajstić information content (AvgIpc) is 2.48. The number of thiocarbonyl (C=S) groups is 1. The first-order valence-electron chi connectivity index (χ1n) is 6.64. The maximum absolute atomic E-state index is 5.33. The molecule has 0 bridgehead atoms. The lowest BCUT2D eigenvalue weighted by Crippen LogP contribution is -2.41. The zero-order chi connectivity index (χ0) is 14.4. The molecule has 0 aliphatic carbocycles. The number of hydrogen-bond acceptors (Lipinski definition) is 2. The van der Waals surface area contributed by atoms with Gasteiger partial charge >= 0.3 is 0 Å². The van der Waals surface area contributed by atoms with Crippen molar-refractivity contribution in [1.82, 2.24) is 5.43 Å². The molecular weight excluding hydrogens is 266 g/mol. The van der Waals surface area contributed by atoms with Crippen LogP contribution < -0.4 is 15.8 Å². The van der Waals surface area contributed by atoms with Crippen LogP contribution in [0.15, 0.2) is 54.6 Å². The first kappa shape index (κ1) is 14.3. The molecule has 0 aromatic heterocycles. The summed E-state index contributed by atoms with van der Waals surface area (Å²) in [4.78, 5) is 0. The van der Waals surface area contributed by atoms with Gasteiger partial charge in [-0.2, -0.15) is 0 Å². The highest BCUT2D eigenvalue weighted by Crippen LogP contribution is 2.12. The summed E-state index contributed by atoms with van der Waals surface area (Å²) in [7, 11) is 1.94. The molecule has 0 fully saturated rings. The molecule has 0 aliphatic heterocycles. The summed E-state index contributed by atoms with van der Waals surface area (Å²) in [6, 6.07) is 18.3. The number of nitrogens with one attached hydrogen (secondary N) is 2. The van der Waals surface area contributed by atoms with E-state index in [2.05, 4.69) is 29.8 Å². The van der Waals surface area contributed by atoms with E-state index in [0.29, 0.717) is 5.11 Å². The number of anilines is 2. The van der Waals surface area contributed by atoms with Gasteiger partial charge in [0.1, 0.15) is 0 Å². The smallest absolute Gasteiger partial charge is 0.189 e. The minimum atomic E-state index is 0.574. The molecule has 2 aromatic carbocycles. The van der Waals surface area contributed by atoms with Crippen LogP contribution in [0.1, 0.15) is 12.5 Å². The number of hydrogen-bond donors (Lipinski definition) is 2. The lowest BCUT2D eigenvalue weighted by molar-refractivity contribution is 0.888. The van der Waals surface area contributed by atoms with Gasteiger partial charge in [-0.15, -0.1) is 0 Å². The van der Waals surface area contributed by atoms with Crippen molar-refractivity contribution in [3.63, 3.8) is 0 Å². The monoisotopic (exact) mass is 285 g/mol. The molecule has 2 aromatic rings. The molecule has 0 aliphatic rings. The standard InChI is InChI=1S/C16H19N3S/c1-3-13-8-7-9-14(12-13)17-16(20)18-19(2)15-10-5-4-6-11-15/h4-12H,3H2,1-2H3,(H2,17,18,20). The summed E-state index contributed by atoms with van der Waals surface area (Å²) in [6.45, 7) is 2.14. The number of hydrazine groups is 1. The number of para-hydroxylation sites is 1. The van der Waals surface area contributed by atoms with E-state index in [1.54, 1.807) is 0 Å². The quantitative estimate of drug-likeness (QED) is 0.663. The third kappa shape index (κ3) is 3.96. The fourth-order valence-electron chi connectivity index (χ4n) is 1.90. The van der Waals surface area contributed by atoms with Crippen LogP contribution in [-0.4, -0.2) is 12.2 Å². The normalized spacial score (nSPS) is 9.90. The average molecular weight is 285 g/mol. The lowest BCUT2D eigenvalue weighted by Gasteiger charge is -2.22. The van der Waals surface area contributed by atoms with Gasteiger partial charge in [0.25, 0.3) is 0 Å². The van der Waals surface area contributed by atoms with Crippen molar-refractivity contribution in [3.05, 3.63) is 60.2 Å². The summed E-state index contributed by atoms with van der Waals surface area (Å²) in [5.41, 5.74) is 6.48. The first-order chi connectivity index (χ1) is 9.69. The van der Waals surface area contributed by atoms with Crippen LogP contribution in [-0.2, 0) is 6.42 Å². The molecule has 2 rings (SSSR count). The molecule has 4 heteroatoms. The minimum Gasteiger partial charge on any atom is -0.331 e. The van der Waals surface area contributed by atoms with Crippen molar-refractivity contribution in [2.75, 3.05) is 17.4 Å². The predicted molar refractivity (Wildman–Crippen MR) is 90.0 cm³/mol. The maximum Gasteiger partial charge on any atom is 0.189 e. The molecule has 104 valence electrons. The van der Waals surface area contributed by atoms with E-state index in [-0.39, 0.29) is 0 Å². The molecule has 0 heterocycles. The van der Waals surface area contributed by atoms with Gasteiger partial charge in [-0.25, -0.2) is 0 Å². The van der Waals surface area contributed by atoms with E-state index in [0.717, 1.165) is 17.8 Å². The van der Waals surface area contributed by atoms with Crippen LogP contribution in [0.2, 0.25) is 0 Å². The highest BCUT2D eigenvalue weighted by molar-refractivity contribution is 7.80. The summed E-state index contributed by atoms with van der Waals surface area (Å²) in [5, 5.41) is 5.66. The Morgan fingerprint density at radius 2 is 1.85 bits per heavy atom. The fraction of sp³-hybridized carbons (Fsp3) is 0.188. The first-order valence-corrected chi connectivity index (χ1v) is 7.05. The van der Waals surface area contributed by atoms with Crippen LogP contribution in [0.5, 0.6) is 0 Å². The van der Waals surface area contributed by atoms with Crippen molar-refractivity contribution in [2.24, 2.45) is 0 Å². The van der Waals surface area contributed by atoms with E-state index in [9.17, 15) is 0 Å². The molecule has 0 unspecified atom stereocenters. The van der Waals surface area contributed by atoms with Crippen LogP contribution in [0.3, 0.4) is 0 Å². The van der Waals surface area contributed by atoms with Crippen molar-refractivity contribution >= 4 is 28.7 Å². The maximum atomic E-state index is 5.33. The molecular formula is C16H19N3S. The van der Waals surface area contributed by atoms with Gasteiger partial charge in [0.15, 0.2) is 5.11 Å². The van der Waals surface area contributed by atoms with Crippen molar-refractivity contribution in [1.29, 1.82) is 0 Å². The lowest BCUT2D eigenvalue weighted by atomic mass is 10.1. The molecule has 0 radical (unpaired) electrons. The van der Waals surface area contributed by atoms with Gasteiger partial charge in [-0.05, 0) is 48.5 Å². The highest BCUT2D eigenvalue weighted by Gasteiger charge is 2.03. The van der Waals surface area contributed by atoms with Gasteiger partial charge in [-0.3, -0.25) is 10.4 Å². The Balaban J connectivity index is 1.95. The number of nitrogens with zero attached hydrogens (tertiary/aromatic N) is 1. The molecule has 0 spiro atoms. The van der Waals surface area contributed by atoms with E-state index < -0.39 is 0 Å². The highest BCUT2D eigenvalue weighted by atomic mass is 32.1. The van der Waals surface area contributed by atoms with E-state index in [1.165, 1.54) is 5.56 Å². The van der Waals surface area contributed by atoms with E-state index in [4.69, 9.17) is 12.2 Å². The van der Waals surface area contributed by atoms with Crippen LogP contribution in [0, 0.1) is 0 Å². The van der Waals surface area contributed by atoms with Crippen LogP contribution in [0.25, 0.3) is 0 Å². The molecule has 2 N–H and O–H groups in total. The summed E-state index contributed by atoms with van der Waals surface area (Å²) in [5.74, 6) is 0. The number of rotatable bonds is 4. The second kappa shape index (κ2) is 6.91. The Morgan fingerprint density at radius 1 is 1.10 bits per heavy atom. The van der Waals surface area contributed by atoms with Gasteiger partial charge in [0.05, 0.1) is 5.69 Å². The van der Waals surface area contributed by atoms with Crippen molar-refractivity contribution in [2.45, 2.75) is 13.3 Å². The number of aryl methyl sites for hydroxylation is 1. The summed E-state index contributed by atoms with van der Waals surface area (Å²) < 4.78 is 0. The fourth-order valence-corrected chi connectivity index (χ4v) is 2.15. The van der Waals surface area contributed by atoms with E-state index >= 15 is 0 Å². The second-order valence-electron chi connectivity index (χ2n) is 4.51. The SMILES string of the molecule is CCc1cccc(NC(=S)NN(C)c2ccccc2)c1. The topological polar surface area (TPSA) is 27.3 Å². The Labute approximate surface area is 125 Å². The molecule has 0 saturated heterocycles. The Kier molecular flexibility index (Phi) is 4.96. The third-order valence-corrected chi connectivity index (χ3v) is 3.20. The van der Waals surface area contributed by atoms with Gasteiger partial charge < -0.3 is 5.32 Å². The molecule has 20 heavy (non-hydrogen) atoms. The van der Waals surface area contributed by atoms with Crippen LogP contribution in [0.4, 0.5) is 11.4 Å². The minimum absolute atomic E-state index is 0.574.